The molecule has 35 heavy (non-hydrogen) atoms. The van der Waals surface area contributed by atoms with Gasteiger partial charge in [-0.1, -0.05) is 47.5 Å². The summed E-state index contributed by atoms with van der Waals surface area (Å²) in [6.45, 7) is 7.04. The third-order valence-electron chi connectivity index (χ3n) is 5.53. The predicted molar refractivity (Wildman–Crippen MR) is 132 cm³/mol. The number of hydrogen-bond acceptors (Lipinski definition) is 5. The molecule has 0 aromatic heterocycles. The van der Waals surface area contributed by atoms with E-state index in [1.807, 2.05) is 6.07 Å². The van der Waals surface area contributed by atoms with Gasteiger partial charge in [-0.2, -0.15) is 0 Å². The first-order valence-electron chi connectivity index (χ1n) is 11.3. The molecule has 188 valence electrons. The summed E-state index contributed by atoms with van der Waals surface area (Å²) in [5, 5.41) is 10.4. The van der Waals surface area contributed by atoms with E-state index >= 15 is 0 Å². The molecule has 9 heteroatoms. The fourth-order valence-corrected chi connectivity index (χ4v) is 4.53. The topological polar surface area (TPSA) is 93.1 Å². The van der Waals surface area contributed by atoms with Gasteiger partial charge in [0.15, 0.2) is 0 Å². The maximum absolute atomic E-state index is 13.6. The van der Waals surface area contributed by atoms with E-state index in [0.717, 1.165) is 5.56 Å². The van der Waals surface area contributed by atoms with Crippen LogP contribution in [0.25, 0.3) is 0 Å². The number of halogens is 2. The Labute approximate surface area is 214 Å². The molecule has 3 rings (SSSR count). The minimum Gasteiger partial charge on any atom is -0.481 e. The van der Waals surface area contributed by atoms with Crippen LogP contribution in [0.1, 0.15) is 63.8 Å². The van der Waals surface area contributed by atoms with Crippen LogP contribution in [0.3, 0.4) is 0 Å². The van der Waals surface area contributed by atoms with Gasteiger partial charge in [-0.05, 0) is 63.1 Å². The largest absolute Gasteiger partial charge is 0.481 e. The maximum atomic E-state index is 13.6. The molecule has 2 aromatic rings. The summed E-state index contributed by atoms with van der Waals surface area (Å²) in [4.78, 5) is 39.3. The number of amides is 1. The summed E-state index contributed by atoms with van der Waals surface area (Å²) < 4.78 is 11.6. The first-order valence-corrected chi connectivity index (χ1v) is 12.0. The Morgan fingerprint density at radius 1 is 1.09 bits per heavy atom. The second-order valence-electron chi connectivity index (χ2n) is 9.58. The van der Waals surface area contributed by atoms with Crippen molar-refractivity contribution >= 4 is 41.0 Å². The highest BCUT2D eigenvalue weighted by atomic mass is 35.5. The number of carbonyl (C=O) groups excluding carboxylic acids is 2. The zero-order valence-electron chi connectivity index (χ0n) is 20.0. The molecule has 2 aromatic carbocycles. The summed E-state index contributed by atoms with van der Waals surface area (Å²) in [7, 11) is 0. The smallest absolute Gasteiger partial charge is 0.308 e. The van der Waals surface area contributed by atoms with Crippen molar-refractivity contribution < 1.29 is 29.0 Å². The van der Waals surface area contributed by atoms with Gasteiger partial charge in [-0.3, -0.25) is 14.4 Å². The van der Waals surface area contributed by atoms with Crippen LogP contribution in [0, 0.1) is 0 Å². The number of ether oxygens (including phenoxy) is 2. The van der Waals surface area contributed by atoms with Crippen molar-refractivity contribution in [3.8, 4) is 0 Å². The molecular weight excluding hydrogens is 493 g/mol. The van der Waals surface area contributed by atoms with E-state index in [4.69, 9.17) is 32.7 Å². The number of morpholine rings is 1. The maximum Gasteiger partial charge on any atom is 0.308 e. The van der Waals surface area contributed by atoms with Crippen LogP contribution in [0.4, 0.5) is 0 Å². The number of rotatable bonds is 7. The Morgan fingerprint density at radius 2 is 1.74 bits per heavy atom. The number of benzene rings is 2. The van der Waals surface area contributed by atoms with E-state index in [2.05, 4.69) is 0 Å². The Morgan fingerprint density at radius 3 is 2.31 bits per heavy atom. The van der Waals surface area contributed by atoms with Gasteiger partial charge in [0.2, 0.25) is 0 Å². The highest BCUT2D eigenvalue weighted by Crippen LogP contribution is 2.44. The number of esters is 1. The lowest BCUT2D eigenvalue weighted by Crippen LogP contribution is -2.55. The van der Waals surface area contributed by atoms with Crippen molar-refractivity contribution in [1.82, 2.24) is 4.90 Å². The third kappa shape index (κ3) is 6.97. The summed E-state index contributed by atoms with van der Waals surface area (Å²) >= 11 is 12.4. The van der Waals surface area contributed by atoms with Crippen LogP contribution in [0.5, 0.6) is 0 Å². The molecule has 1 heterocycles. The van der Waals surface area contributed by atoms with Crippen LogP contribution in [0.15, 0.2) is 48.5 Å². The van der Waals surface area contributed by atoms with E-state index in [0.29, 0.717) is 15.6 Å². The van der Waals surface area contributed by atoms with Crippen LogP contribution >= 0.6 is 23.2 Å². The number of aliphatic carboxylic acids is 1. The van der Waals surface area contributed by atoms with Crippen molar-refractivity contribution in [2.75, 3.05) is 0 Å². The summed E-state index contributed by atoms with van der Waals surface area (Å²) in [5.74, 6) is -2.15. The van der Waals surface area contributed by atoms with Gasteiger partial charge in [-0.15, -0.1) is 0 Å². The van der Waals surface area contributed by atoms with Crippen molar-refractivity contribution in [1.29, 1.82) is 0 Å². The standard InChI is InChI=1S/C26H29Cl2NO6/c1-15(12-22(32)35-26(2,3)4)29-23(16-8-10-18(27)11-9-16)24(17-6-5-7-19(28)13-17)34-20(25(29)33)14-21(30)31/h5-11,13,15,20,23-24H,12,14H2,1-4H3,(H,30,31)/t15?,20-,23+,24+/m0/s1. The lowest BCUT2D eigenvalue weighted by molar-refractivity contribution is -0.184. The molecule has 0 aliphatic carbocycles. The van der Waals surface area contributed by atoms with Gasteiger partial charge in [0, 0.05) is 16.1 Å². The van der Waals surface area contributed by atoms with E-state index in [9.17, 15) is 19.5 Å². The van der Waals surface area contributed by atoms with E-state index in [-0.39, 0.29) is 6.42 Å². The fraction of sp³-hybridized carbons (Fsp3) is 0.423. The van der Waals surface area contributed by atoms with Gasteiger partial charge in [0.1, 0.15) is 17.8 Å². The van der Waals surface area contributed by atoms with Crippen LogP contribution in [0.2, 0.25) is 10.0 Å². The van der Waals surface area contributed by atoms with Crippen LogP contribution in [-0.2, 0) is 23.9 Å². The van der Waals surface area contributed by atoms with E-state index in [1.165, 1.54) is 4.90 Å². The van der Waals surface area contributed by atoms with E-state index < -0.39 is 54.2 Å². The molecule has 1 aliphatic rings. The SMILES string of the molecule is CC(CC(=O)OC(C)(C)C)N1C(=O)[C@H](CC(=O)O)O[C@H](c2cccc(Cl)c2)[C@H]1c1ccc(Cl)cc1. The first-order chi connectivity index (χ1) is 16.4. The van der Waals surface area contributed by atoms with Gasteiger partial charge in [0.05, 0.1) is 18.9 Å². The molecule has 0 saturated carbocycles. The molecule has 1 fully saturated rings. The Bertz CT molecular complexity index is 1080. The molecule has 4 atom stereocenters. The average Bonchev–Trinajstić information content (AvgIpc) is 2.73. The van der Waals surface area contributed by atoms with Crippen molar-refractivity contribution in [2.45, 2.75) is 70.4 Å². The highest BCUT2D eigenvalue weighted by molar-refractivity contribution is 6.30. The molecule has 1 unspecified atom stereocenters. The minimum atomic E-state index is -1.24. The molecule has 1 amide bonds. The van der Waals surface area contributed by atoms with Crippen molar-refractivity contribution in [3.63, 3.8) is 0 Å². The average molecular weight is 522 g/mol. The second kappa shape index (κ2) is 11.0. The number of carbonyl (C=O) groups is 3. The summed E-state index contributed by atoms with van der Waals surface area (Å²) in [5.41, 5.74) is 0.712. The van der Waals surface area contributed by atoms with Crippen LogP contribution in [-0.4, -0.2) is 45.6 Å². The van der Waals surface area contributed by atoms with Gasteiger partial charge >= 0.3 is 11.9 Å². The quantitative estimate of drug-likeness (QED) is 0.476. The fourth-order valence-electron chi connectivity index (χ4n) is 4.21. The zero-order valence-corrected chi connectivity index (χ0v) is 21.5. The zero-order chi connectivity index (χ0) is 25.9. The molecule has 1 N–H and O–H groups in total. The monoisotopic (exact) mass is 521 g/mol. The number of hydrogen-bond donors (Lipinski definition) is 1. The third-order valence-corrected chi connectivity index (χ3v) is 6.02. The molecule has 1 aliphatic heterocycles. The van der Waals surface area contributed by atoms with Gasteiger partial charge in [0.25, 0.3) is 5.91 Å². The highest BCUT2D eigenvalue weighted by Gasteiger charge is 2.47. The molecule has 1 saturated heterocycles. The van der Waals surface area contributed by atoms with Crippen LogP contribution < -0.4 is 0 Å². The normalized spacial score (nSPS) is 21.5. The Hall–Kier alpha value is -2.61. The lowest BCUT2D eigenvalue weighted by Gasteiger charge is -2.47. The van der Waals surface area contributed by atoms with Crippen molar-refractivity contribution in [3.05, 3.63) is 69.7 Å². The molecular formula is C26H29Cl2NO6. The van der Waals surface area contributed by atoms with Gasteiger partial charge in [-0.25, -0.2) is 0 Å². The molecule has 0 radical (unpaired) electrons. The molecule has 0 bridgehead atoms. The predicted octanol–water partition coefficient (Wildman–Crippen LogP) is 5.60. The summed E-state index contributed by atoms with van der Waals surface area (Å²) in [6.07, 6.45) is -2.56. The first kappa shape index (κ1) is 27.0. The second-order valence-corrected chi connectivity index (χ2v) is 10.5. The molecule has 7 nitrogen and oxygen atoms in total. The van der Waals surface area contributed by atoms with Crippen molar-refractivity contribution in [2.24, 2.45) is 0 Å². The number of carboxylic acid groups (broad SMARTS) is 1. The Kier molecular flexibility index (Phi) is 8.46. The lowest BCUT2D eigenvalue weighted by atomic mass is 9.89. The van der Waals surface area contributed by atoms with E-state index in [1.54, 1.807) is 70.2 Å². The number of nitrogens with zero attached hydrogens (tertiary/aromatic N) is 1. The summed E-state index contributed by atoms with van der Waals surface area (Å²) in [6, 6.07) is 12.7. The Balaban J connectivity index is 2.09. The minimum absolute atomic E-state index is 0.0742. The number of carboxylic acids is 1. The van der Waals surface area contributed by atoms with Gasteiger partial charge < -0.3 is 19.5 Å². The molecule has 0 spiro atoms.